The Kier molecular flexibility index (Phi) is 4.94. The zero-order chi connectivity index (χ0) is 21.2. The van der Waals surface area contributed by atoms with Crippen molar-refractivity contribution in [2.45, 2.75) is 12.5 Å². The van der Waals surface area contributed by atoms with Gasteiger partial charge in [-0.2, -0.15) is 10.4 Å². The van der Waals surface area contributed by atoms with Gasteiger partial charge in [-0.25, -0.2) is 9.97 Å². The van der Waals surface area contributed by atoms with Gasteiger partial charge in [0.15, 0.2) is 0 Å². The van der Waals surface area contributed by atoms with Gasteiger partial charge in [0.25, 0.3) is 0 Å². The van der Waals surface area contributed by atoms with Gasteiger partial charge in [0.05, 0.1) is 23.3 Å². The van der Waals surface area contributed by atoms with E-state index < -0.39 is 0 Å². The molecule has 1 atom stereocenters. The smallest absolute Gasteiger partial charge is 0.227 e. The van der Waals surface area contributed by atoms with Crippen LogP contribution in [0.25, 0.3) is 22.0 Å². The predicted octanol–water partition coefficient (Wildman–Crippen LogP) is 3.39. The van der Waals surface area contributed by atoms with Crippen molar-refractivity contribution in [2.24, 2.45) is 7.05 Å². The number of benzene rings is 2. The lowest BCUT2D eigenvalue weighted by Crippen LogP contribution is -2.19. The molecule has 1 unspecified atom stereocenters. The largest absolute Gasteiger partial charge is 0.489 e. The summed E-state index contributed by atoms with van der Waals surface area (Å²) in [4.78, 5) is 9.00. The van der Waals surface area contributed by atoms with Crippen molar-refractivity contribution >= 4 is 22.5 Å². The molecule has 0 radical (unpaired) electrons. The van der Waals surface area contributed by atoms with Gasteiger partial charge in [-0.1, -0.05) is 0 Å². The van der Waals surface area contributed by atoms with E-state index >= 15 is 0 Å². The molecule has 31 heavy (non-hydrogen) atoms. The summed E-state index contributed by atoms with van der Waals surface area (Å²) in [6.07, 6.45) is 6.66. The maximum absolute atomic E-state index is 9.07. The molecule has 2 aromatic heterocycles. The van der Waals surface area contributed by atoms with E-state index in [0.29, 0.717) is 11.5 Å². The summed E-state index contributed by atoms with van der Waals surface area (Å²) in [6, 6.07) is 13.5. The van der Waals surface area contributed by atoms with Crippen molar-refractivity contribution in [1.29, 1.82) is 5.26 Å². The second-order valence-electron chi connectivity index (χ2n) is 7.59. The standard InChI is InChI=1S/C23H21N7O/c1-30-14-18(12-27-30)16-7-19(9-21(8-16)31-20-4-5-25-13-20)28-23-26-11-17-6-15(10-24)2-3-22(17)29-23/h2-3,6-9,11-12,14,20,25H,4-5,13H2,1H3,(H,26,28,29). The Morgan fingerprint density at radius 1 is 1.19 bits per heavy atom. The third-order valence-corrected chi connectivity index (χ3v) is 5.23. The minimum Gasteiger partial charge on any atom is -0.489 e. The van der Waals surface area contributed by atoms with E-state index in [1.54, 1.807) is 23.0 Å². The van der Waals surface area contributed by atoms with Gasteiger partial charge in [-0.15, -0.1) is 0 Å². The Hall–Kier alpha value is -3.96. The Bertz CT molecular complexity index is 1280. The number of nitrogens with zero attached hydrogens (tertiary/aromatic N) is 5. The molecule has 4 aromatic rings. The van der Waals surface area contributed by atoms with E-state index in [4.69, 9.17) is 10.00 Å². The molecule has 2 N–H and O–H groups in total. The van der Waals surface area contributed by atoms with Crippen LogP contribution in [0.4, 0.5) is 11.6 Å². The number of hydrogen-bond acceptors (Lipinski definition) is 7. The molecule has 3 heterocycles. The zero-order valence-corrected chi connectivity index (χ0v) is 17.0. The summed E-state index contributed by atoms with van der Waals surface area (Å²) in [5, 5.41) is 20.8. The van der Waals surface area contributed by atoms with E-state index in [1.165, 1.54) is 0 Å². The van der Waals surface area contributed by atoms with E-state index in [1.807, 2.05) is 43.7 Å². The number of rotatable bonds is 5. The van der Waals surface area contributed by atoms with Crippen LogP contribution in [0.15, 0.2) is 55.0 Å². The third-order valence-electron chi connectivity index (χ3n) is 5.23. The lowest BCUT2D eigenvalue weighted by atomic mass is 10.1. The Morgan fingerprint density at radius 2 is 2.13 bits per heavy atom. The highest BCUT2D eigenvalue weighted by Crippen LogP contribution is 2.31. The minimum absolute atomic E-state index is 0.156. The van der Waals surface area contributed by atoms with Crippen LogP contribution in [-0.4, -0.2) is 38.9 Å². The van der Waals surface area contributed by atoms with Gasteiger partial charge in [0, 0.05) is 48.7 Å². The number of aromatic nitrogens is 4. The summed E-state index contributed by atoms with van der Waals surface area (Å²) in [5.74, 6) is 1.27. The van der Waals surface area contributed by atoms with Crippen molar-refractivity contribution in [2.75, 3.05) is 18.4 Å². The monoisotopic (exact) mass is 411 g/mol. The van der Waals surface area contributed by atoms with E-state index in [-0.39, 0.29) is 6.10 Å². The molecule has 0 spiro atoms. The maximum atomic E-state index is 9.07. The maximum Gasteiger partial charge on any atom is 0.227 e. The Balaban J connectivity index is 1.48. The lowest BCUT2D eigenvalue weighted by molar-refractivity contribution is 0.223. The van der Waals surface area contributed by atoms with Crippen LogP contribution in [-0.2, 0) is 7.05 Å². The van der Waals surface area contributed by atoms with Crippen molar-refractivity contribution in [3.63, 3.8) is 0 Å². The summed E-state index contributed by atoms with van der Waals surface area (Å²) in [7, 11) is 1.90. The molecule has 154 valence electrons. The Morgan fingerprint density at radius 3 is 2.90 bits per heavy atom. The third kappa shape index (κ3) is 4.17. The molecule has 0 bridgehead atoms. The fourth-order valence-corrected chi connectivity index (χ4v) is 3.69. The molecule has 0 aliphatic carbocycles. The quantitative estimate of drug-likeness (QED) is 0.519. The molecule has 1 fully saturated rings. The van der Waals surface area contributed by atoms with Gasteiger partial charge in [0.1, 0.15) is 11.9 Å². The van der Waals surface area contributed by atoms with E-state index in [9.17, 15) is 0 Å². The molecule has 0 amide bonds. The van der Waals surface area contributed by atoms with Crippen LogP contribution in [0.2, 0.25) is 0 Å². The molecule has 5 rings (SSSR count). The first kappa shape index (κ1) is 19.0. The molecular formula is C23H21N7O. The van der Waals surface area contributed by atoms with Gasteiger partial charge in [-0.05, 0) is 48.9 Å². The van der Waals surface area contributed by atoms with Crippen molar-refractivity contribution in [3.8, 4) is 22.9 Å². The number of nitrogens with one attached hydrogen (secondary N) is 2. The van der Waals surface area contributed by atoms with Crippen LogP contribution in [0.3, 0.4) is 0 Å². The van der Waals surface area contributed by atoms with Crippen molar-refractivity contribution in [3.05, 3.63) is 60.6 Å². The van der Waals surface area contributed by atoms with Crippen LogP contribution in [0.1, 0.15) is 12.0 Å². The first-order chi connectivity index (χ1) is 15.2. The molecule has 1 saturated heterocycles. The van der Waals surface area contributed by atoms with Gasteiger partial charge in [0.2, 0.25) is 5.95 Å². The number of nitriles is 1. The second-order valence-corrected chi connectivity index (χ2v) is 7.59. The average Bonchev–Trinajstić information content (AvgIpc) is 3.45. The summed E-state index contributed by atoms with van der Waals surface area (Å²) in [6.45, 7) is 1.81. The summed E-state index contributed by atoms with van der Waals surface area (Å²) in [5.41, 5.74) is 4.19. The summed E-state index contributed by atoms with van der Waals surface area (Å²) >= 11 is 0. The SMILES string of the molecule is Cn1cc(-c2cc(Nc3ncc4cc(C#N)ccc4n3)cc(OC3CCNC3)c2)cn1. The van der Waals surface area contributed by atoms with E-state index in [0.717, 1.165) is 53.0 Å². The van der Waals surface area contributed by atoms with Crippen LogP contribution >= 0.6 is 0 Å². The molecular weight excluding hydrogens is 390 g/mol. The van der Waals surface area contributed by atoms with Gasteiger partial charge < -0.3 is 15.4 Å². The van der Waals surface area contributed by atoms with Crippen LogP contribution in [0, 0.1) is 11.3 Å². The average molecular weight is 411 g/mol. The topological polar surface area (TPSA) is 101 Å². The first-order valence-corrected chi connectivity index (χ1v) is 10.1. The predicted molar refractivity (Wildman–Crippen MR) is 118 cm³/mol. The fourth-order valence-electron chi connectivity index (χ4n) is 3.69. The van der Waals surface area contributed by atoms with Crippen molar-refractivity contribution < 1.29 is 4.74 Å². The second kappa shape index (κ2) is 8.05. The number of aryl methyl sites for hydroxylation is 1. The molecule has 8 heteroatoms. The van der Waals surface area contributed by atoms with Crippen LogP contribution in [0.5, 0.6) is 5.75 Å². The highest BCUT2D eigenvalue weighted by Gasteiger charge is 2.17. The molecule has 1 aliphatic rings. The molecule has 2 aromatic carbocycles. The molecule has 8 nitrogen and oxygen atoms in total. The number of hydrogen-bond donors (Lipinski definition) is 2. The van der Waals surface area contributed by atoms with Gasteiger partial charge in [-0.3, -0.25) is 4.68 Å². The summed E-state index contributed by atoms with van der Waals surface area (Å²) < 4.78 is 7.99. The first-order valence-electron chi connectivity index (χ1n) is 10.1. The highest BCUT2D eigenvalue weighted by molar-refractivity contribution is 5.81. The van der Waals surface area contributed by atoms with Crippen LogP contribution < -0.4 is 15.4 Å². The highest BCUT2D eigenvalue weighted by atomic mass is 16.5. The zero-order valence-electron chi connectivity index (χ0n) is 17.0. The number of fused-ring (bicyclic) bond motifs is 1. The van der Waals surface area contributed by atoms with Crippen molar-refractivity contribution in [1.82, 2.24) is 25.1 Å². The number of anilines is 2. The minimum atomic E-state index is 0.156. The van der Waals surface area contributed by atoms with E-state index in [2.05, 4.69) is 31.8 Å². The molecule has 1 aliphatic heterocycles. The molecule has 0 saturated carbocycles. The Labute approximate surface area is 179 Å². The number of ether oxygens (including phenoxy) is 1. The van der Waals surface area contributed by atoms with Gasteiger partial charge >= 0.3 is 0 Å². The normalized spacial score (nSPS) is 15.7. The lowest BCUT2D eigenvalue weighted by Gasteiger charge is -2.15. The fraction of sp³-hybridized carbons (Fsp3) is 0.217.